The van der Waals surface area contributed by atoms with E-state index >= 15 is 0 Å². The van der Waals surface area contributed by atoms with Gasteiger partial charge in [0.25, 0.3) is 0 Å². The highest BCUT2D eigenvalue weighted by molar-refractivity contribution is 9.10. The summed E-state index contributed by atoms with van der Waals surface area (Å²) in [6.45, 7) is 0.767. The minimum absolute atomic E-state index is 0.767. The van der Waals surface area contributed by atoms with E-state index in [-0.39, 0.29) is 0 Å². The van der Waals surface area contributed by atoms with E-state index in [1.807, 2.05) is 12.1 Å². The molecule has 0 aliphatic heterocycles. The monoisotopic (exact) mass is 239 g/mol. The summed E-state index contributed by atoms with van der Waals surface area (Å²) in [6.07, 6.45) is 6.41. The van der Waals surface area contributed by atoms with Crippen LogP contribution in [-0.2, 0) is 0 Å². The lowest BCUT2D eigenvalue weighted by molar-refractivity contribution is 0.857. The molecule has 0 unspecified atom stereocenters. The number of halogens is 1. The van der Waals surface area contributed by atoms with Crippen LogP contribution in [0, 0.1) is 0 Å². The summed E-state index contributed by atoms with van der Waals surface area (Å²) in [6, 6.07) is 8.24. The Balaban J connectivity index is 2.48. The summed E-state index contributed by atoms with van der Waals surface area (Å²) >= 11 is 3.43. The number of hydrogen-bond donors (Lipinski definition) is 1. The fourth-order valence-corrected chi connectivity index (χ4v) is 1.48. The van der Waals surface area contributed by atoms with Crippen molar-refractivity contribution in [3.63, 3.8) is 0 Å². The van der Waals surface area contributed by atoms with Gasteiger partial charge in [-0.15, -0.1) is 0 Å². The van der Waals surface area contributed by atoms with Crippen molar-refractivity contribution in [2.24, 2.45) is 5.73 Å². The van der Waals surface area contributed by atoms with Crippen molar-refractivity contribution in [1.82, 2.24) is 0 Å². The molecule has 0 aliphatic rings. The Hall–Kier alpha value is -0.600. The lowest BCUT2D eigenvalue weighted by Crippen LogP contribution is -1.96. The molecule has 0 radical (unpaired) electrons. The molecule has 0 saturated carbocycles. The first-order valence-corrected chi connectivity index (χ1v) is 5.24. The first kappa shape index (κ1) is 10.5. The van der Waals surface area contributed by atoms with E-state index in [1.165, 1.54) is 5.56 Å². The quantitative estimate of drug-likeness (QED) is 0.803. The van der Waals surface area contributed by atoms with Gasteiger partial charge in [-0.3, -0.25) is 0 Å². The maximum Gasteiger partial charge on any atom is 0.0181 e. The average molecular weight is 240 g/mol. The number of rotatable bonds is 4. The first-order valence-electron chi connectivity index (χ1n) is 4.45. The van der Waals surface area contributed by atoms with Crippen LogP contribution in [0.15, 0.2) is 34.8 Å². The minimum atomic E-state index is 0.767. The Morgan fingerprint density at radius 2 is 2.23 bits per heavy atom. The lowest BCUT2D eigenvalue weighted by atomic mass is 10.2. The van der Waals surface area contributed by atoms with Gasteiger partial charge in [-0.2, -0.15) is 0 Å². The van der Waals surface area contributed by atoms with Gasteiger partial charge in [0.2, 0.25) is 0 Å². The van der Waals surface area contributed by atoms with Gasteiger partial charge in [0.05, 0.1) is 0 Å². The number of hydrogen-bond acceptors (Lipinski definition) is 1. The molecule has 0 atom stereocenters. The van der Waals surface area contributed by atoms with Crippen molar-refractivity contribution in [3.05, 3.63) is 40.4 Å². The van der Waals surface area contributed by atoms with Gasteiger partial charge in [-0.05, 0) is 37.1 Å². The summed E-state index contributed by atoms with van der Waals surface area (Å²) in [7, 11) is 0. The van der Waals surface area contributed by atoms with E-state index in [1.54, 1.807) is 0 Å². The van der Waals surface area contributed by atoms with Crippen molar-refractivity contribution in [3.8, 4) is 0 Å². The van der Waals surface area contributed by atoms with E-state index in [0.29, 0.717) is 0 Å². The van der Waals surface area contributed by atoms with Crippen LogP contribution < -0.4 is 5.73 Å². The van der Waals surface area contributed by atoms with Gasteiger partial charge < -0.3 is 5.73 Å². The minimum Gasteiger partial charge on any atom is -0.330 e. The molecule has 2 heteroatoms. The maximum atomic E-state index is 5.39. The van der Waals surface area contributed by atoms with E-state index in [2.05, 4.69) is 40.2 Å². The molecular formula is C11H14BrN. The molecule has 1 aromatic rings. The fraction of sp³-hybridized carbons (Fsp3) is 0.273. The molecule has 0 bridgehead atoms. The Morgan fingerprint density at radius 1 is 1.38 bits per heavy atom. The van der Waals surface area contributed by atoms with Crippen LogP contribution in [0.1, 0.15) is 18.4 Å². The number of nitrogens with two attached hydrogens (primary N) is 1. The third-order valence-corrected chi connectivity index (χ3v) is 2.23. The summed E-state index contributed by atoms with van der Waals surface area (Å²) < 4.78 is 1.12. The van der Waals surface area contributed by atoms with Crippen LogP contribution in [-0.4, -0.2) is 6.54 Å². The molecule has 1 nitrogen and oxygen atoms in total. The van der Waals surface area contributed by atoms with Gasteiger partial charge in [0, 0.05) is 4.47 Å². The normalized spacial score (nSPS) is 10.9. The number of unbranched alkanes of at least 4 members (excludes halogenated alkanes) is 1. The van der Waals surface area contributed by atoms with Crippen LogP contribution in [0.25, 0.3) is 6.08 Å². The average Bonchev–Trinajstić information content (AvgIpc) is 2.13. The maximum absolute atomic E-state index is 5.39. The van der Waals surface area contributed by atoms with Crippen molar-refractivity contribution in [1.29, 1.82) is 0 Å². The zero-order valence-electron chi connectivity index (χ0n) is 7.54. The van der Waals surface area contributed by atoms with Gasteiger partial charge in [-0.1, -0.05) is 40.2 Å². The smallest absolute Gasteiger partial charge is 0.0181 e. The Bertz CT molecular complexity index is 281. The molecule has 0 aliphatic carbocycles. The molecule has 0 fully saturated rings. The van der Waals surface area contributed by atoms with Gasteiger partial charge in [0.1, 0.15) is 0 Å². The van der Waals surface area contributed by atoms with E-state index < -0.39 is 0 Å². The Labute approximate surface area is 87.8 Å². The standard InChI is InChI=1S/C11H14BrN/c12-11-7-4-6-10(9-11)5-2-1-3-8-13/h2,4-7,9H,1,3,8,13H2. The number of benzene rings is 1. The van der Waals surface area contributed by atoms with E-state index in [9.17, 15) is 0 Å². The third-order valence-electron chi connectivity index (χ3n) is 1.73. The molecule has 0 amide bonds. The summed E-state index contributed by atoms with van der Waals surface area (Å²) in [5.41, 5.74) is 6.62. The van der Waals surface area contributed by atoms with Crippen LogP contribution >= 0.6 is 15.9 Å². The molecule has 1 aromatic carbocycles. The highest BCUT2D eigenvalue weighted by Gasteiger charge is 1.87. The molecule has 70 valence electrons. The highest BCUT2D eigenvalue weighted by atomic mass is 79.9. The topological polar surface area (TPSA) is 26.0 Å². The van der Waals surface area contributed by atoms with Crippen LogP contribution in [0.5, 0.6) is 0 Å². The lowest BCUT2D eigenvalue weighted by Gasteiger charge is -1.94. The van der Waals surface area contributed by atoms with Crippen molar-refractivity contribution in [2.45, 2.75) is 12.8 Å². The second kappa shape index (κ2) is 5.95. The third kappa shape index (κ3) is 4.25. The summed E-state index contributed by atoms with van der Waals surface area (Å²) in [5.74, 6) is 0. The first-order chi connectivity index (χ1) is 6.33. The zero-order valence-corrected chi connectivity index (χ0v) is 9.13. The molecule has 2 N–H and O–H groups in total. The van der Waals surface area contributed by atoms with Crippen LogP contribution in [0.2, 0.25) is 0 Å². The molecule has 0 saturated heterocycles. The Kier molecular flexibility index (Phi) is 4.79. The van der Waals surface area contributed by atoms with E-state index in [0.717, 1.165) is 23.9 Å². The molecule has 13 heavy (non-hydrogen) atoms. The van der Waals surface area contributed by atoms with Gasteiger partial charge in [0.15, 0.2) is 0 Å². The van der Waals surface area contributed by atoms with Crippen LogP contribution in [0.3, 0.4) is 0 Å². The molecule has 0 heterocycles. The predicted octanol–water partition coefficient (Wildman–Crippen LogP) is 3.20. The van der Waals surface area contributed by atoms with Crippen molar-refractivity contribution >= 4 is 22.0 Å². The molecule has 0 aromatic heterocycles. The second-order valence-corrected chi connectivity index (χ2v) is 3.80. The van der Waals surface area contributed by atoms with E-state index in [4.69, 9.17) is 5.73 Å². The van der Waals surface area contributed by atoms with Crippen LogP contribution in [0.4, 0.5) is 0 Å². The van der Waals surface area contributed by atoms with Crippen molar-refractivity contribution in [2.75, 3.05) is 6.54 Å². The second-order valence-electron chi connectivity index (χ2n) is 2.89. The highest BCUT2D eigenvalue weighted by Crippen LogP contribution is 2.12. The van der Waals surface area contributed by atoms with Gasteiger partial charge in [-0.25, -0.2) is 0 Å². The largest absolute Gasteiger partial charge is 0.330 e. The fourth-order valence-electron chi connectivity index (χ4n) is 1.07. The Morgan fingerprint density at radius 3 is 2.92 bits per heavy atom. The number of allylic oxidation sites excluding steroid dienone is 1. The van der Waals surface area contributed by atoms with Gasteiger partial charge >= 0.3 is 0 Å². The predicted molar refractivity (Wildman–Crippen MR) is 61.5 cm³/mol. The molecule has 1 rings (SSSR count). The molecule has 0 spiro atoms. The SMILES string of the molecule is NCCCC=Cc1cccc(Br)c1. The zero-order chi connectivity index (χ0) is 9.52. The summed E-state index contributed by atoms with van der Waals surface area (Å²) in [4.78, 5) is 0. The summed E-state index contributed by atoms with van der Waals surface area (Å²) in [5, 5.41) is 0. The van der Waals surface area contributed by atoms with Crippen molar-refractivity contribution < 1.29 is 0 Å². The molecular weight excluding hydrogens is 226 g/mol.